The number of nitrogens with two attached hydrogens (primary N) is 1. The molecule has 11 heteroatoms. The Balaban J connectivity index is 1.67. The lowest BCUT2D eigenvalue weighted by Crippen LogP contribution is -2.54. The highest BCUT2D eigenvalue weighted by Gasteiger charge is 2.42. The third-order valence-electron chi connectivity index (χ3n) is 4.02. The Morgan fingerprint density at radius 2 is 1.61 bits per heavy atom. The van der Waals surface area contributed by atoms with E-state index in [0.29, 0.717) is 21.1 Å². The van der Waals surface area contributed by atoms with Crippen molar-refractivity contribution in [2.75, 3.05) is 6.54 Å². The average Bonchev–Trinajstić information content (AvgIpc) is 3.20. The predicted octanol–water partition coefficient (Wildman–Crippen LogP) is -0.0216. The van der Waals surface area contributed by atoms with Crippen LogP contribution < -0.4 is 10.6 Å². The Bertz CT molecular complexity index is 1100. The fourth-order valence-corrected chi connectivity index (χ4v) is 2.80. The molecule has 2 N–H and O–H groups in total. The Morgan fingerprint density at radius 3 is 2.25 bits per heavy atom. The van der Waals surface area contributed by atoms with Crippen molar-refractivity contribution >= 4 is 34.8 Å². The zero-order valence-corrected chi connectivity index (χ0v) is 14.2. The molecule has 0 saturated heterocycles. The van der Waals surface area contributed by atoms with E-state index in [-0.39, 0.29) is 11.1 Å². The smallest absolute Gasteiger partial charge is 0.368 e. The Morgan fingerprint density at radius 1 is 1.00 bits per heavy atom. The zero-order valence-electron chi connectivity index (χ0n) is 14.2. The van der Waals surface area contributed by atoms with Crippen molar-refractivity contribution in [1.82, 2.24) is 25.2 Å². The molecular weight excluding hydrogens is 368 g/mol. The van der Waals surface area contributed by atoms with Gasteiger partial charge in [0.2, 0.25) is 5.91 Å². The molecule has 1 aliphatic heterocycles. The fourth-order valence-electron chi connectivity index (χ4n) is 2.80. The maximum Gasteiger partial charge on any atom is 0.456 e. The van der Waals surface area contributed by atoms with E-state index in [1.165, 1.54) is 12.1 Å². The second-order valence-corrected chi connectivity index (χ2v) is 5.80. The van der Waals surface area contributed by atoms with Gasteiger partial charge in [0.25, 0.3) is 11.8 Å². The molecule has 0 radical (unpaired) electrons. The third-order valence-corrected chi connectivity index (χ3v) is 4.02. The number of carbonyl (C=O) groups excluding carboxylic acids is 4. The number of primary amides is 1. The lowest BCUT2D eigenvalue weighted by molar-refractivity contribution is -0.121. The molecule has 0 aliphatic carbocycles. The van der Waals surface area contributed by atoms with Gasteiger partial charge in [-0.25, -0.2) is 4.79 Å². The minimum absolute atomic E-state index is 0.0981. The van der Waals surface area contributed by atoms with Crippen molar-refractivity contribution in [3.8, 4) is 0 Å². The summed E-state index contributed by atoms with van der Waals surface area (Å²) in [5.41, 5.74) is 6.21. The molecule has 4 amide bonds. The highest BCUT2D eigenvalue weighted by molar-refractivity contribution is 6.21. The molecule has 3 aromatic rings. The van der Waals surface area contributed by atoms with Crippen LogP contribution in [-0.4, -0.2) is 55.5 Å². The number of hydrazine groups is 1. The third kappa shape index (κ3) is 2.70. The standard InChI is InChI=1S/C17H12N6O5/c18-14(24)9-21(22-15(25)10-5-1-2-6-11(10)16(22)26)17(27)28-23-13-8-4-3-7-12(13)19-20-23/h1-8H,9H2,(H2,18,24). The summed E-state index contributed by atoms with van der Waals surface area (Å²) in [6.45, 7) is -0.753. The molecule has 28 heavy (non-hydrogen) atoms. The van der Waals surface area contributed by atoms with Crippen molar-refractivity contribution < 1.29 is 24.0 Å². The summed E-state index contributed by atoms with van der Waals surface area (Å²) < 4.78 is 0. The molecule has 1 aliphatic rings. The number of hydrogen-bond acceptors (Lipinski definition) is 7. The normalized spacial score (nSPS) is 12.9. The van der Waals surface area contributed by atoms with E-state index in [1.54, 1.807) is 36.4 Å². The summed E-state index contributed by atoms with van der Waals surface area (Å²) in [4.78, 5) is 55.3. The quantitative estimate of drug-likeness (QED) is 0.495. The Hall–Kier alpha value is -4.28. The molecule has 0 saturated carbocycles. The number of benzene rings is 2. The molecule has 0 bridgehead atoms. The van der Waals surface area contributed by atoms with Gasteiger partial charge in [-0.2, -0.15) is 10.0 Å². The Labute approximate surface area is 156 Å². The summed E-state index contributed by atoms with van der Waals surface area (Å²) in [6.07, 6.45) is -1.20. The molecule has 2 aromatic carbocycles. The number of rotatable bonds is 4. The zero-order chi connectivity index (χ0) is 19.8. The van der Waals surface area contributed by atoms with E-state index in [0.717, 1.165) is 4.85 Å². The van der Waals surface area contributed by atoms with E-state index < -0.39 is 30.4 Å². The van der Waals surface area contributed by atoms with Crippen LogP contribution in [-0.2, 0) is 4.79 Å². The van der Waals surface area contributed by atoms with Crippen LogP contribution in [0.3, 0.4) is 0 Å². The molecule has 0 atom stereocenters. The topological polar surface area (TPSA) is 141 Å². The maximum absolute atomic E-state index is 12.7. The fraction of sp³-hybridized carbons (Fsp3) is 0.0588. The second kappa shape index (κ2) is 6.46. The molecule has 0 spiro atoms. The van der Waals surface area contributed by atoms with E-state index in [9.17, 15) is 19.2 Å². The number of fused-ring (bicyclic) bond motifs is 2. The van der Waals surface area contributed by atoms with Crippen molar-refractivity contribution in [2.45, 2.75) is 0 Å². The lowest BCUT2D eigenvalue weighted by atomic mass is 10.1. The number of carbonyl (C=O) groups is 4. The van der Waals surface area contributed by atoms with Gasteiger partial charge in [-0.05, 0) is 29.5 Å². The first-order chi connectivity index (χ1) is 13.5. The predicted molar refractivity (Wildman–Crippen MR) is 92.3 cm³/mol. The van der Waals surface area contributed by atoms with Crippen LogP contribution in [0.2, 0.25) is 0 Å². The van der Waals surface area contributed by atoms with Crippen molar-refractivity contribution in [2.24, 2.45) is 5.73 Å². The van der Waals surface area contributed by atoms with Crippen LogP contribution in [0.15, 0.2) is 48.5 Å². The first-order valence-corrected chi connectivity index (χ1v) is 8.03. The number of para-hydroxylation sites is 1. The first kappa shape index (κ1) is 17.1. The number of aromatic nitrogens is 3. The first-order valence-electron chi connectivity index (χ1n) is 8.03. The van der Waals surface area contributed by atoms with Crippen LogP contribution in [0, 0.1) is 0 Å². The van der Waals surface area contributed by atoms with E-state index in [4.69, 9.17) is 10.6 Å². The number of hydrogen-bond donors (Lipinski definition) is 1. The highest BCUT2D eigenvalue weighted by atomic mass is 16.7. The van der Waals surface area contributed by atoms with Gasteiger partial charge >= 0.3 is 6.09 Å². The van der Waals surface area contributed by atoms with Gasteiger partial charge < -0.3 is 5.73 Å². The second-order valence-electron chi connectivity index (χ2n) is 5.80. The summed E-state index contributed by atoms with van der Waals surface area (Å²) in [5, 5.41) is 8.58. The van der Waals surface area contributed by atoms with Crippen molar-refractivity contribution in [1.29, 1.82) is 0 Å². The SMILES string of the molecule is NC(=O)CN(C(=O)On1nnc2ccccc21)N1C(=O)c2ccccc2C1=O. The molecule has 1 aromatic heterocycles. The van der Waals surface area contributed by atoms with E-state index >= 15 is 0 Å². The van der Waals surface area contributed by atoms with Gasteiger partial charge in [0, 0.05) is 0 Å². The highest BCUT2D eigenvalue weighted by Crippen LogP contribution is 2.24. The number of imide groups is 1. The molecule has 11 nitrogen and oxygen atoms in total. The summed E-state index contributed by atoms with van der Waals surface area (Å²) in [6, 6.07) is 12.7. The average molecular weight is 380 g/mol. The molecule has 140 valence electrons. The van der Waals surface area contributed by atoms with Crippen LogP contribution in [0.1, 0.15) is 20.7 Å². The van der Waals surface area contributed by atoms with Gasteiger partial charge in [0.1, 0.15) is 17.6 Å². The summed E-state index contributed by atoms with van der Waals surface area (Å²) in [5.74, 6) is -2.50. The monoisotopic (exact) mass is 380 g/mol. The van der Waals surface area contributed by atoms with Crippen LogP contribution in [0.25, 0.3) is 11.0 Å². The van der Waals surface area contributed by atoms with Crippen LogP contribution in [0.5, 0.6) is 0 Å². The van der Waals surface area contributed by atoms with Crippen LogP contribution in [0.4, 0.5) is 4.79 Å². The minimum Gasteiger partial charge on any atom is -0.368 e. The van der Waals surface area contributed by atoms with Crippen molar-refractivity contribution in [3.63, 3.8) is 0 Å². The van der Waals surface area contributed by atoms with E-state index in [2.05, 4.69) is 10.3 Å². The van der Waals surface area contributed by atoms with Gasteiger partial charge in [-0.15, -0.1) is 5.10 Å². The van der Waals surface area contributed by atoms with E-state index in [1.807, 2.05) is 0 Å². The maximum atomic E-state index is 12.7. The van der Waals surface area contributed by atoms with Crippen molar-refractivity contribution in [3.05, 3.63) is 59.7 Å². The summed E-state index contributed by atoms with van der Waals surface area (Å²) in [7, 11) is 0. The molecular formula is C17H12N6O5. The molecule has 2 heterocycles. The van der Waals surface area contributed by atoms with Gasteiger partial charge in [0.05, 0.1) is 11.1 Å². The number of amides is 4. The molecule has 0 unspecified atom stereocenters. The summed E-state index contributed by atoms with van der Waals surface area (Å²) >= 11 is 0. The molecule has 0 fully saturated rings. The molecule has 4 rings (SSSR count). The largest absolute Gasteiger partial charge is 0.456 e. The Kier molecular flexibility index (Phi) is 3.96. The van der Waals surface area contributed by atoms with Gasteiger partial charge in [-0.1, -0.05) is 29.1 Å². The lowest BCUT2D eigenvalue weighted by Gasteiger charge is -2.27. The number of nitrogens with zero attached hydrogens (tertiary/aromatic N) is 5. The van der Waals surface area contributed by atoms with Crippen LogP contribution >= 0.6 is 0 Å². The van der Waals surface area contributed by atoms with Gasteiger partial charge in [0.15, 0.2) is 0 Å². The minimum atomic E-state index is -1.20. The van der Waals surface area contributed by atoms with Gasteiger partial charge in [-0.3, -0.25) is 19.2 Å².